The fourth-order valence-corrected chi connectivity index (χ4v) is 11.3. The molecule has 1 nitrogen and oxygen atoms in total. The van der Waals surface area contributed by atoms with E-state index in [1.54, 1.807) is 0 Å². The molecule has 0 aromatic carbocycles. The minimum absolute atomic E-state index is 0.825. The van der Waals surface area contributed by atoms with Gasteiger partial charge in [0.05, 0.1) is 6.61 Å². The van der Waals surface area contributed by atoms with Gasteiger partial charge in [-0.25, -0.2) is 8.75 Å². The van der Waals surface area contributed by atoms with Gasteiger partial charge in [-0.3, -0.25) is 0 Å². The average Bonchev–Trinajstić information content (AvgIpc) is 2.37. The summed E-state index contributed by atoms with van der Waals surface area (Å²) < 4.78 is 7.23. The van der Waals surface area contributed by atoms with Gasteiger partial charge in [-0.15, -0.1) is 12.6 Å². The highest BCUT2D eigenvalue weighted by Crippen LogP contribution is 2.62. The number of hydrogen-bond acceptors (Lipinski definition) is 1. The van der Waals surface area contributed by atoms with Crippen LogP contribution in [-0.2, 0) is 4.74 Å². The average molecular weight is 309 g/mol. The maximum Gasteiger partial charge on any atom is 0.116 e. The Balaban J connectivity index is 5.81. The lowest BCUT2D eigenvalue weighted by molar-refractivity contribution is 0.321. The van der Waals surface area contributed by atoms with Gasteiger partial charge in [0.2, 0.25) is 0 Å². The topological polar surface area (TPSA) is 9.23 Å². The molecule has 0 saturated heterocycles. The van der Waals surface area contributed by atoms with Crippen molar-refractivity contribution in [2.45, 2.75) is 66.7 Å². The molecular weight excluding hydrogens is 272 g/mol. The Hall–Kier alpha value is 0.530. The van der Waals surface area contributed by atoms with E-state index in [0.29, 0.717) is 0 Å². The standard InChI is InChI=1S/C16H36OS2/c1-6-11-17-16(18)19(12-7-2,13-8-3,14-9-4)15-10-5/h18H,6-15H2,1-5H3. The molecule has 19 heavy (non-hydrogen) atoms. The van der Waals surface area contributed by atoms with Crippen LogP contribution in [0.5, 0.6) is 0 Å². The lowest BCUT2D eigenvalue weighted by atomic mass is 10.5. The van der Waals surface area contributed by atoms with Crippen molar-refractivity contribution in [3.63, 3.8) is 0 Å². The van der Waals surface area contributed by atoms with Gasteiger partial charge in [-0.1, -0.05) is 34.6 Å². The maximum absolute atomic E-state index is 6.10. The summed E-state index contributed by atoms with van der Waals surface area (Å²) in [4.78, 5) is 0. The van der Waals surface area contributed by atoms with Gasteiger partial charge in [-0.2, -0.15) is 0 Å². The number of hydrogen-bond donors (Lipinski definition) is 1. The largest absolute Gasteiger partial charge is 0.336 e. The molecule has 0 aromatic heterocycles. The van der Waals surface area contributed by atoms with Gasteiger partial charge < -0.3 is 4.74 Å². The Morgan fingerprint density at radius 3 is 1.37 bits per heavy atom. The molecule has 0 aliphatic carbocycles. The van der Waals surface area contributed by atoms with Crippen LogP contribution in [0.2, 0.25) is 0 Å². The summed E-state index contributed by atoms with van der Waals surface area (Å²) in [5, 5.41) is 0. The van der Waals surface area contributed by atoms with Gasteiger partial charge >= 0.3 is 0 Å². The molecule has 0 heterocycles. The van der Waals surface area contributed by atoms with Gasteiger partial charge in [0, 0.05) is 0 Å². The van der Waals surface area contributed by atoms with Crippen LogP contribution in [0.4, 0.5) is 0 Å². The van der Waals surface area contributed by atoms with Crippen molar-refractivity contribution in [3.8, 4) is 0 Å². The highest BCUT2D eigenvalue weighted by atomic mass is 32.3. The normalized spacial score (nSPS) is 14.1. The van der Waals surface area contributed by atoms with Crippen molar-refractivity contribution in [2.24, 2.45) is 0 Å². The van der Waals surface area contributed by atoms with Crippen molar-refractivity contribution in [1.29, 1.82) is 0 Å². The van der Waals surface area contributed by atoms with Crippen LogP contribution >= 0.6 is 21.4 Å². The first kappa shape index (κ1) is 19.5. The molecular formula is C16H36OS2. The van der Waals surface area contributed by atoms with Gasteiger partial charge in [-0.05, 0) is 55.1 Å². The van der Waals surface area contributed by atoms with Gasteiger partial charge in [0.15, 0.2) is 0 Å². The molecule has 0 atom stereocenters. The molecule has 0 saturated carbocycles. The molecule has 0 aliphatic heterocycles. The van der Waals surface area contributed by atoms with Crippen LogP contribution in [0.3, 0.4) is 0 Å². The Morgan fingerprint density at radius 1 is 0.737 bits per heavy atom. The zero-order chi connectivity index (χ0) is 14.8. The Labute approximate surface area is 127 Å². The third-order valence-electron chi connectivity index (χ3n) is 3.88. The van der Waals surface area contributed by atoms with Crippen molar-refractivity contribution in [3.05, 3.63) is 0 Å². The minimum Gasteiger partial charge on any atom is -0.336 e. The van der Waals surface area contributed by atoms with E-state index in [2.05, 4.69) is 34.6 Å². The molecule has 0 aromatic rings. The first-order valence-electron chi connectivity index (χ1n) is 8.11. The van der Waals surface area contributed by atoms with Crippen LogP contribution in [0, 0.1) is 0 Å². The highest BCUT2D eigenvalue weighted by Gasteiger charge is 2.34. The predicted molar refractivity (Wildman–Crippen MR) is 98.5 cm³/mol. The maximum atomic E-state index is 6.10. The second-order valence-electron chi connectivity index (χ2n) is 5.73. The molecule has 0 aliphatic rings. The second kappa shape index (κ2) is 9.46. The molecule has 0 N–H and O–H groups in total. The Kier molecular flexibility index (Phi) is 9.73. The van der Waals surface area contributed by atoms with Crippen molar-refractivity contribution in [2.75, 3.05) is 29.6 Å². The van der Waals surface area contributed by atoms with Crippen LogP contribution < -0.4 is 0 Å². The zero-order valence-corrected chi connectivity index (χ0v) is 15.5. The lowest BCUT2D eigenvalue weighted by Crippen LogP contribution is -2.30. The van der Waals surface area contributed by atoms with E-state index >= 15 is 0 Å². The minimum atomic E-state index is -1.62. The summed E-state index contributed by atoms with van der Waals surface area (Å²) in [6.07, 6.45) is 6.08. The van der Waals surface area contributed by atoms with E-state index in [-0.39, 0.29) is 0 Å². The van der Waals surface area contributed by atoms with Crippen molar-refractivity contribution < 1.29 is 4.74 Å². The SMILES string of the molecule is CCCOC(S)=S(CCC)(CCC)(CCC)CCC. The first-order chi connectivity index (χ1) is 9.04. The van der Waals surface area contributed by atoms with E-state index in [9.17, 15) is 0 Å². The summed E-state index contributed by atoms with van der Waals surface area (Å²) in [5.74, 6) is 5.26. The van der Waals surface area contributed by atoms with Crippen molar-refractivity contribution in [1.82, 2.24) is 0 Å². The summed E-state index contributed by atoms with van der Waals surface area (Å²) in [6, 6.07) is 0. The van der Waals surface area contributed by atoms with Crippen LogP contribution in [0.15, 0.2) is 0 Å². The van der Waals surface area contributed by atoms with Gasteiger partial charge in [0.1, 0.15) is 4.38 Å². The molecule has 3 heteroatoms. The van der Waals surface area contributed by atoms with Crippen LogP contribution in [0.25, 0.3) is 0 Å². The molecule has 0 unspecified atom stereocenters. The quantitative estimate of drug-likeness (QED) is 0.419. The van der Waals surface area contributed by atoms with Gasteiger partial charge in [0.25, 0.3) is 0 Å². The van der Waals surface area contributed by atoms with E-state index < -0.39 is 8.75 Å². The number of ether oxygens (including phenoxy) is 1. The van der Waals surface area contributed by atoms with Crippen LogP contribution in [0.1, 0.15) is 66.7 Å². The van der Waals surface area contributed by atoms with E-state index in [1.807, 2.05) is 0 Å². The summed E-state index contributed by atoms with van der Waals surface area (Å²) in [5.41, 5.74) is 0. The summed E-state index contributed by atoms with van der Waals surface area (Å²) >= 11 is 4.91. The molecule has 118 valence electrons. The number of thiol groups is 1. The fraction of sp³-hybridized carbons (Fsp3) is 0.938. The molecule has 0 amide bonds. The Bertz CT molecular complexity index is 262. The zero-order valence-electron chi connectivity index (χ0n) is 13.8. The number of rotatable bonds is 10. The summed E-state index contributed by atoms with van der Waals surface area (Å²) in [7, 11) is -1.62. The van der Waals surface area contributed by atoms with E-state index in [4.69, 9.17) is 17.4 Å². The molecule has 0 radical (unpaired) electrons. The first-order valence-corrected chi connectivity index (χ1v) is 11.3. The monoisotopic (exact) mass is 308 g/mol. The van der Waals surface area contributed by atoms with Crippen molar-refractivity contribution >= 4 is 25.8 Å². The second-order valence-corrected chi connectivity index (χ2v) is 12.0. The lowest BCUT2D eigenvalue weighted by Gasteiger charge is -2.51. The molecule has 0 fully saturated rings. The molecule has 0 spiro atoms. The van der Waals surface area contributed by atoms with E-state index in [0.717, 1.165) is 17.4 Å². The van der Waals surface area contributed by atoms with Crippen LogP contribution in [-0.4, -0.2) is 34.0 Å². The summed E-state index contributed by atoms with van der Waals surface area (Å²) in [6.45, 7) is 12.3. The molecule has 0 rings (SSSR count). The third-order valence-corrected chi connectivity index (χ3v) is 12.6. The highest BCUT2D eigenvalue weighted by molar-refractivity contribution is 8.52. The fourth-order valence-electron chi connectivity index (χ4n) is 3.46. The predicted octanol–water partition coefficient (Wildman–Crippen LogP) is 5.41. The third kappa shape index (κ3) is 4.78. The smallest absolute Gasteiger partial charge is 0.116 e. The van der Waals surface area contributed by atoms with E-state index in [1.165, 1.54) is 48.7 Å². The Morgan fingerprint density at radius 2 is 1.11 bits per heavy atom. The molecule has 0 bridgehead atoms.